The number of nitrogens with one attached hydrogen (secondary N) is 2. The van der Waals surface area contributed by atoms with Crippen LogP contribution in [0.1, 0.15) is 10.5 Å². The first kappa shape index (κ1) is 10.3. The second-order valence-electron chi connectivity index (χ2n) is 2.60. The monoisotopic (exact) mass is 182 g/mol. The third-order valence-corrected chi connectivity index (χ3v) is 1.77. The summed E-state index contributed by atoms with van der Waals surface area (Å²) in [7, 11) is 0. The average Bonchev–Trinajstić information content (AvgIpc) is 2.46. The maximum Gasteiger partial charge on any atom is 1.00 e. The molecule has 0 saturated carbocycles. The number of carbonyl (C=O) groups is 1. The minimum atomic E-state index is -0.675. The first-order valence-electron chi connectivity index (χ1n) is 3.61. The number of fused-ring (bicyclic) bond motifs is 1. The van der Waals surface area contributed by atoms with Crippen LogP contribution in [-0.2, 0) is 0 Å². The first-order valence-corrected chi connectivity index (χ1v) is 3.61. The van der Waals surface area contributed by atoms with E-state index in [1.165, 1.54) is 0 Å². The molecule has 1 aromatic carbocycles. The number of hydrogen-bond donors (Lipinski definition) is 1. The maximum atomic E-state index is 10.7. The summed E-state index contributed by atoms with van der Waals surface area (Å²) < 4.78 is 0. The van der Waals surface area contributed by atoms with Gasteiger partial charge in [0.2, 0.25) is 0 Å². The van der Waals surface area contributed by atoms with E-state index >= 15 is 0 Å². The van der Waals surface area contributed by atoms with E-state index in [0.29, 0.717) is 5.69 Å². The molecular formula is C9H7N2NaO. The van der Waals surface area contributed by atoms with Gasteiger partial charge in [-0.25, -0.2) is 0 Å². The van der Waals surface area contributed by atoms with Crippen LogP contribution in [0.15, 0.2) is 30.3 Å². The Labute approximate surface area is 97.6 Å². The molecule has 2 N–H and O–H groups in total. The van der Waals surface area contributed by atoms with Crippen molar-refractivity contribution in [2.75, 3.05) is 0 Å². The summed E-state index contributed by atoms with van der Waals surface area (Å²) in [5, 5.41) is 0.966. The van der Waals surface area contributed by atoms with Crippen molar-refractivity contribution in [3.63, 3.8) is 0 Å². The summed E-state index contributed by atoms with van der Waals surface area (Å²) in [6, 6.07) is 9.25. The molecule has 0 unspecified atom stereocenters. The molecule has 3 nitrogen and oxygen atoms in total. The van der Waals surface area contributed by atoms with Gasteiger partial charge in [0.05, 0.1) is 11.6 Å². The zero-order chi connectivity index (χ0) is 8.55. The van der Waals surface area contributed by atoms with E-state index < -0.39 is 5.91 Å². The normalized spacial score (nSPS) is 9.54. The molecule has 0 fully saturated rings. The Balaban J connectivity index is 0.000000845. The van der Waals surface area contributed by atoms with E-state index in [0.717, 1.165) is 10.9 Å². The Morgan fingerprint density at radius 2 is 2.00 bits per heavy atom. The summed E-state index contributed by atoms with van der Waals surface area (Å²) in [6.45, 7) is 0. The van der Waals surface area contributed by atoms with Crippen molar-refractivity contribution in [3.8, 4) is 0 Å². The van der Waals surface area contributed by atoms with Crippen LogP contribution in [0.5, 0.6) is 0 Å². The van der Waals surface area contributed by atoms with Crippen LogP contribution in [0.4, 0.5) is 0 Å². The van der Waals surface area contributed by atoms with Crippen LogP contribution >= 0.6 is 0 Å². The van der Waals surface area contributed by atoms with Crippen molar-refractivity contribution in [3.05, 3.63) is 41.8 Å². The number of para-hydroxylation sites is 1. The van der Waals surface area contributed by atoms with Crippen LogP contribution in [0.2, 0.25) is 0 Å². The van der Waals surface area contributed by atoms with Crippen LogP contribution in [0.25, 0.3) is 16.6 Å². The molecule has 0 aliphatic heterocycles. The average molecular weight is 182 g/mol. The fourth-order valence-electron chi connectivity index (χ4n) is 1.20. The van der Waals surface area contributed by atoms with Gasteiger partial charge in [-0.2, -0.15) is 0 Å². The molecule has 2 rings (SSSR count). The molecule has 1 heterocycles. The summed E-state index contributed by atoms with van der Waals surface area (Å²) >= 11 is 0. The number of hydrogen-bond acceptors (Lipinski definition) is 1. The van der Waals surface area contributed by atoms with Crippen molar-refractivity contribution < 1.29 is 34.4 Å². The van der Waals surface area contributed by atoms with Crippen molar-refractivity contribution in [1.29, 1.82) is 0 Å². The van der Waals surface area contributed by atoms with Gasteiger partial charge < -0.3 is 15.5 Å². The molecule has 4 heteroatoms. The summed E-state index contributed by atoms with van der Waals surface area (Å²) in [6.07, 6.45) is 0. The number of benzene rings is 1. The first-order chi connectivity index (χ1) is 5.77. The fraction of sp³-hybridized carbons (Fsp3) is 0. The summed E-state index contributed by atoms with van der Waals surface area (Å²) in [4.78, 5) is 13.5. The predicted octanol–water partition coefficient (Wildman–Crippen LogP) is -0.636. The number of H-pyrrole nitrogens is 1. The van der Waals surface area contributed by atoms with Gasteiger partial charge in [0.1, 0.15) is 0 Å². The molecule has 0 saturated heterocycles. The minimum absolute atomic E-state index is 0. The third kappa shape index (κ3) is 1.94. The molecule has 60 valence electrons. The quantitative estimate of drug-likeness (QED) is 0.586. The summed E-state index contributed by atoms with van der Waals surface area (Å²) in [5.74, 6) is -0.675. The molecule has 0 bridgehead atoms. The Morgan fingerprint density at radius 1 is 1.31 bits per heavy atom. The standard InChI is InChI=1S/C9H8N2O.Na/c10-9(12)8-5-6-3-1-2-4-7(6)11-8;/h1-5H,(H3,10,11,12);/q;+1/p-1. The number of amides is 1. The molecule has 2 aromatic rings. The number of carbonyl (C=O) groups excluding carboxylic acids is 1. The Kier molecular flexibility index (Phi) is 3.14. The molecule has 0 aliphatic carbocycles. The van der Waals surface area contributed by atoms with E-state index in [1.807, 2.05) is 24.3 Å². The van der Waals surface area contributed by atoms with Gasteiger partial charge in [-0.15, -0.1) is 0 Å². The summed E-state index contributed by atoms with van der Waals surface area (Å²) in [5.41, 5.74) is 8.12. The number of aromatic nitrogens is 1. The van der Waals surface area contributed by atoms with E-state index in [9.17, 15) is 4.79 Å². The predicted molar refractivity (Wildman–Crippen MR) is 47.0 cm³/mol. The SMILES string of the molecule is [NH-]C(=O)c1cc2ccccc2[nH]1.[Na+]. The van der Waals surface area contributed by atoms with Crippen molar-refractivity contribution in [2.45, 2.75) is 0 Å². The zero-order valence-electron chi connectivity index (χ0n) is 7.29. The van der Waals surface area contributed by atoms with Gasteiger partial charge in [0.25, 0.3) is 0 Å². The molecule has 13 heavy (non-hydrogen) atoms. The van der Waals surface area contributed by atoms with E-state index in [4.69, 9.17) is 5.73 Å². The minimum Gasteiger partial charge on any atom is -0.662 e. The molecule has 0 aliphatic rings. The van der Waals surface area contributed by atoms with Gasteiger partial charge in [-0.05, 0) is 12.1 Å². The van der Waals surface area contributed by atoms with Gasteiger partial charge in [0, 0.05) is 10.9 Å². The third-order valence-electron chi connectivity index (χ3n) is 1.77. The van der Waals surface area contributed by atoms with Crippen LogP contribution in [0, 0.1) is 0 Å². The van der Waals surface area contributed by atoms with Gasteiger partial charge in [0.15, 0.2) is 0 Å². The Bertz CT molecular complexity index is 403. The van der Waals surface area contributed by atoms with Gasteiger partial charge >= 0.3 is 29.6 Å². The Morgan fingerprint density at radius 3 is 2.62 bits per heavy atom. The van der Waals surface area contributed by atoms with E-state index in [2.05, 4.69) is 4.98 Å². The van der Waals surface area contributed by atoms with E-state index in [-0.39, 0.29) is 29.6 Å². The second-order valence-corrected chi connectivity index (χ2v) is 2.60. The maximum absolute atomic E-state index is 10.7. The van der Waals surface area contributed by atoms with Crippen LogP contribution < -0.4 is 29.6 Å². The molecule has 0 spiro atoms. The van der Waals surface area contributed by atoms with Crippen molar-refractivity contribution in [2.24, 2.45) is 0 Å². The largest absolute Gasteiger partial charge is 1.00 e. The number of rotatable bonds is 1. The molecular weight excluding hydrogens is 175 g/mol. The second kappa shape index (κ2) is 3.96. The van der Waals surface area contributed by atoms with Crippen LogP contribution in [-0.4, -0.2) is 10.9 Å². The van der Waals surface area contributed by atoms with E-state index in [1.54, 1.807) is 6.07 Å². The molecule has 1 aromatic heterocycles. The molecule has 1 amide bonds. The number of aromatic amines is 1. The molecule has 0 radical (unpaired) electrons. The van der Waals surface area contributed by atoms with Crippen molar-refractivity contribution in [1.82, 2.24) is 4.98 Å². The van der Waals surface area contributed by atoms with Crippen LogP contribution in [0.3, 0.4) is 0 Å². The van der Waals surface area contributed by atoms with Gasteiger partial charge in [-0.3, -0.25) is 0 Å². The smallest absolute Gasteiger partial charge is 0.662 e. The van der Waals surface area contributed by atoms with Crippen molar-refractivity contribution >= 4 is 16.8 Å². The zero-order valence-corrected chi connectivity index (χ0v) is 9.29. The molecule has 0 atom stereocenters. The topological polar surface area (TPSA) is 56.7 Å². The Hall–Kier alpha value is -0.770. The van der Waals surface area contributed by atoms with Gasteiger partial charge in [-0.1, -0.05) is 18.2 Å². The fourth-order valence-corrected chi connectivity index (χ4v) is 1.20.